The van der Waals surface area contributed by atoms with E-state index in [1.807, 2.05) is 0 Å². The molecule has 1 aliphatic heterocycles. The third kappa shape index (κ3) is 3.33. The molecule has 6 nitrogen and oxygen atoms in total. The number of non-ortho nitro benzene ring substituents is 1. The van der Waals surface area contributed by atoms with Crippen molar-refractivity contribution in [3.63, 3.8) is 0 Å². The summed E-state index contributed by atoms with van der Waals surface area (Å²) in [6, 6.07) is 6.07. The molecule has 0 aromatic heterocycles. The zero-order valence-corrected chi connectivity index (χ0v) is 11.2. The van der Waals surface area contributed by atoms with Crippen LogP contribution in [0.1, 0.15) is 25.7 Å². The summed E-state index contributed by atoms with van der Waals surface area (Å²) >= 11 is 0. The lowest BCUT2D eigenvalue weighted by molar-refractivity contribution is -0.384. The Morgan fingerprint density at radius 3 is 2.60 bits per heavy atom. The van der Waals surface area contributed by atoms with Crippen LogP contribution in [0.5, 0.6) is 0 Å². The first-order chi connectivity index (χ1) is 9.61. The number of aliphatic hydroxyl groups is 1. The second-order valence-electron chi connectivity index (χ2n) is 5.07. The van der Waals surface area contributed by atoms with E-state index in [1.165, 1.54) is 12.1 Å². The number of carbonyl (C=O) groups excluding carboxylic acids is 1. The first-order valence-corrected chi connectivity index (χ1v) is 6.77. The Kier molecular flexibility index (Phi) is 4.68. The summed E-state index contributed by atoms with van der Waals surface area (Å²) in [6.07, 6.45) is 3.13. The number of carbonyl (C=O) groups is 1. The minimum atomic E-state index is -0.451. The summed E-state index contributed by atoms with van der Waals surface area (Å²) in [5.74, 6) is 0.372. The van der Waals surface area contributed by atoms with E-state index in [0.29, 0.717) is 24.6 Å². The van der Waals surface area contributed by atoms with Gasteiger partial charge in [-0.25, -0.2) is 0 Å². The molecule has 0 bridgehead atoms. The number of amides is 1. The van der Waals surface area contributed by atoms with Gasteiger partial charge in [-0.05, 0) is 30.9 Å². The highest BCUT2D eigenvalue weighted by atomic mass is 16.6. The number of nitro groups is 1. The van der Waals surface area contributed by atoms with Crippen molar-refractivity contribution >= 4 is 17.3 Å². The molecule has 0 aliphatic carbocycles. The standard InChI is InChI=1S/C14H18N2O4/c17-8-2-1-3-11-9-14(18)15(10-11)12-4-6-13(7-5-12)16(19)20/h4-7,11,17H,1-3,8-10H2. The molecule has 1 unspecified atom stereocenters. The zero-order valence-electron chi connectivity index (χ0n) is 11.2. The predicted octanol–water partition coefficient (Wildman–Crippen LogP) is 2.11. The molecule has 0 radical (unpaired) electrons. The van der Waals surface area contributed by atoms with Crippen molar-refractivity contribution in [3.8, 4) is 0 Å². The largest absolute Gasteiger partial charge is 0.396 e. The normalized spacial score (nSPS) is 18.6. The van der Waals surface area contributed by atoms with Gasteiger partial charge in [0.1, 0.15) is 0 Å². The molecule has 1 atom stereocenters. The number of anilines is 1. The van der Waals surface area contributed by atoms with Gasteiger partial charge >= 0.3 is 0 Å². The molecule has 1 aromatic rings. The lowest BCUT2D eigenvalue weighted by atomic mass is 10.0. The van der Waals surface area contributed by atoms with Gasteiger partial charge in [-0.2, -0.15) is 0 Å². The molecule has 0 saturated carbocycles. The van der Waals surface area contributed by atoms with Gasteiger partial charge in [0.05, 0.1) is 4.92 Å². The highest BCUT2D eigenvalue weighted by molar-refractivity contribution is 5.95. The van der Waals surface area contributed by atoms with Crippen molar-refractivity contribution < 1.29 is 14.8 Å². The lowest BCUT2D eigenvalue weighted by Gasteiger charge is -2.16. The molecular formula is C14H18N2O4. The molecule has 6 heteroatoms. The molecule has 2 rings (SSSR count). The fourth-order valence-corrected chi connectivity index (χ4v) is 2.52. The van der Waals surface area contributed by atoms with E-state index < -0.39 is 4.92 Å². The molecule has 1 amide bonds. The van der Waals surface area contributed by atoms with Crippen LogP contribution in [0.25, 0.3) is 0 Å². The third-order valence-electron chi connectivity index (χ3n) is 3.60. The molecule has 20 heavy (non-hydrogen) atoms. The van der Waals surface area contributed by atoms with E-state index in [4.69, 9.17) is 5.11 Å². The molecule has 1 saturated heterocycles. The Bertz CT molecular complexity index is 486. The van der Waals surface area contributed by atoms with Gasteiger partial charge < -0.3 is 10.0 Å². The van der Waals surface area contributed by atoms with Crippen LogP contribution in [0.4, 0.5) is 11.4 Å². The molecule has 1 heterocycles. The first kappa shape index (κ1) is 14.5. The fourth-order valence-electron chi connectivity index (χ4n) is 2.52. The van der Waals surface area contributed by atoms with Crippen LogP contribution < -0.4 is 4.90 Å². The maximum Gasteiger partial charge on any atom is 0.269 e. The van der Waals surface area contributed by atoms with E-state index in [0.717, 1.165) is 19.3 Å². The van der Waals surface area contributed by atoms with Gasteiger partial charge in [-0.1, -0.05) is 6.42 Å². The van der Waals surface area contributed by atoms with Gasteiger partial charge in [0.25, 0.3) is 5.69 Å². The SMILES string of the molecule is O=C1CC(CCCCO)CN1c1ccc([N+](=O)[O-])cc1. The predicted molar refractivity (Wildman–Crippen MR) is 74.5 cm³/mol. The van der Waals surface area contributed by atoms with Gasteiger partial charge in [0, 0.05) is 37.4 Å². The number of aliphatic hydroxyl groups excluding tert-OH is 1. The highest BCUT2D eigenvalue weighted by Crippen LogP contribution is 2.29. The molecular weight excluding hydrogens is 260 g/mol. The molecule has 1 aliphatic rings. The van der Waals surface area contributed by atoms with E-state index in [1.54, 1.807) is 17.0 Å². The molecule has 108 valence electrons. The zero-order chi connectivity index (χ0) is 14.5. The molecule has 0 spiro atoms. The summed E-state index contributed by atoms with van der Waals surface area (Å²) in [7, 11) is 0. The number of nitrogens with zero attached hydrogens (tertiary/aromatic N) is 2. The minimum absolute atomic E-state index is 0.0277. The van der Waals surface area contributed by atoms with Crippen molar-refractivity contribution in [2.24, 2.45) is 5.92 Å². The average molecular weight is 278 g/mol. The van der Waals surface area contributed by atoms with E-state index in [9.17, 15) is 14.9 Å². The van der Waals surface area contributed by atoms with Crippen molar-refractivity contribution in [2.45, 2.75) is 25.7 Å². The minimum Gasteiger partial charge on any atom is -0.396 e. The van der Waals surface area contributed by atoms with Crippen LogP contribution in [0, 0.1) is 16.0 Å². The van der Waals surface area contributed by atoms with Crippen LogP contribution in [0.3, 0.4) is 0 Å². The first-order valence-electron chi connectivity index (χ1n) is 6.77. The maximum atomic E-state index is 12.0. The van der Waals surface area contributed by atoms with E-state index in [-0.39, 0.29) is 18.2 Å². The van der Waals surface area contributed by atoms with Crippen molar-refractivity contribution in [1.82, 2.24) is 0 Å². The summed E-state index contributed by atoms with van der Waals surface area (Å²) in [5, 5.41) is 19.4. The summed E-state index contributed by atoms with van der Waals surface area (Å²) < 4.78 is 0. The monoisotopic (exact) mass is 278 g/mol. The van der Waals surface area contributed by atoms with Gasteiger partial charge in [-0.15, -0.1) is 0 Å². The molecule has 1 fully saturated rings. The third-order valence-corrected chi connectivity index (χ3v) is 3.60. The van der Waals surface area contributed by atoms with Crippen LogP contribution in [0.2, 0.25) is 0 Å². The number of hydrogen-bond donors (Lipinski definition) is 1. The Balaban J connectivity index is 1.98. The Hall–Kier alpha value is -1.95. The Labute approximate surface area is 117 Å². The van der Waals surface area contributed by atoms with Gasteiger partial charge in [0.15, 0.2) is 0 Å². The average Bonchev–Trinajstić information content (AvgIpc) is 2.80. The smallest absolute Gasteiger partial charge is 0.269 e. The number of unbranched alkanes of at least 4 members (excludes halogenated alkanes) is 1. The Morgan fingerprint density at radius 2 is 2.00 bits per heavy atom. The van der Waals surface area contributed by atoms with E-state index in [2.05, 4.69) is 0 Å². The maximum absolute atomic E-state index is 12.0. The van der Waals surface area contributed by atoms with Crippen LogP contribution >= 0.6 is 0 Å². The number of rotatable bonds is 6. The summed E-state index contributed by atoms with van der Waals surface area (Å²) in [6.45, 7) is 0.842. The molecule has 1 N–H and O–H groups in total. The second-order valence-corrected chi connectivity index (χ2v) is 5.07. The number of hydrogen-bond acceptors (Lipinski definition) is 4. The van der Waals surface area contributed by atoms with Crippen LogP contribution in [-0.2, 0) is 4.79 Å². The number of nitro benzene ring substituents is 1. The second kappa shape index (κ2) is 6.47. The van der Waals surface area contributed by atoms with E-state index >= 15 is 0 Å². The van der Waals surface area contributed by atoms with Crippen molar-refractivity contribution in [1.29, 1.82) is 0 Å². The molecule has 1 aromatic carbocycles. The van der Waals surface area contributed by atoms with Crippen LogP contribution in [-0.4, -0.2) is 29.1 Å². The Morgan fingerprint density at radius 1 is 1.30 bits per heavy atom. The van der Waals surface area contributed by atoms with Crippen LogP contribution in [0.15, 0.2) is 24.3 Å². The quantitative estimate of drug-likeness (QED) is 0.490. The van der Waals surface area contributed by atoms with Gasteiger partial charge in [0.2, 0.25) is 5.91 Å². The lowest BCUT2D eigenvalue weighted by Crippen LogP contribution is -2.24. The summed E-state index contributed by atoms with van der Waals surface area (Å²) in [5.41, 5.74) is 0.741. The topological polar surface area (TPSA) is 83.7 Å². The fraction of sp³-hybridized carbons (Fsp3) is 0.500. The van der Waals surface area contributed by atoms with Crippen molar-refractivity contribution in [2.75, 3.05) is 18.1 Å². The highest BCUT2D eigenvalue weighted by Gasteiger charge is 2.30. The number of benzene rings is 1. The van der Waals surface area contributed by atoms with Crippen molar-refractivity contribution in [3.05, 3.63) is 34.4 Å². The van der Waals surface area contributed by atoms with Gasteiger partial charge in [-0.3, -0.25) is 14.9 Å². The summed E-state index contributed by atoms with van der Waals surface area (Å²) in [4.78, 5) is 23.8.